The monoisotopic (exact) mass is 456 g/mol. The normalized spacial score (nSPS) is 11.8. The van der Waals surface area contributed by atoms with Gasteiger partial charge in [-0.1, -0.05) is 90.1 Å². The van der Waals surface area contributed by atoms with Gasteiger partial charge in [-0.3, -0.25) is 9.36 Å². The van der Waals surface area contributed by atoms with Crippen LogP contribution in [0.15, 0.2) is 90.1 Å². The summed E-state index contributed by atoms with van der Waals surface area (Å²) in [6, 6.07) is 28.5. The quantitative estimate of drug-likeness (QED) is 0.248. The molecule has 4 aromatic rings. The molecule has 1 aromatic heterocycles. The Morgan fingerprint density at radius 3 is 2.30 bits per heavy atom. The second-order valence-electron chi connectivity index (χ2n) is 8.00. The number of benzene rings is 3. The Bertz CT molecular complexity index is 1170. The van der Waals surface area contributed by atoms with Gasteiger partial charge < -0.3 is 5.32 Å². The first-order chi connectivity index (χ1) is 16.1. The van der Waals surface area contributed by atoms with Crippen LogP contribution in [-0.4, -0.2) is 26.4 Å². The van der Waals surface area contributed by atoms with E-state index in [9.17, 15) is 4.79 Å². The molecule has 1 N–H and O–H groups in total. The van der Waals surface area contributed by atoms with Gasteiger partial charge in [-0.05, 0) is 38.0 Å². The minimum Gasteiger partial charge on any atom is -0.350 e. The van der Waals surface area contributed by atoms with Crippen LogP contribution in [0.2, 0.25) is 0 Å². The topological polar surface area (TPSA) is 59.8 Å². The van der Waals surface area contributed by atoms with Crippen molar-refractivity contribution < 1.29 is 4.79 Å². The molecule has 6 heteroatoms. The van der Waals surface area contributed by atoms with E-state index in [1.54, 1.807) is 11.8 Å². The predicted molar refractivity (Wildman–Crippen MR) is 134 cm³/mol. The number of nitrogens with one attached hydrogen (secondary N) is 1. The van der Waals surface area contributed by atoms with E-state index < -0.39 is 0 Å². The molecule has 0 radical (unpaired) electrons. The number of carbonyl (C=O) groups is 1. The van der Waals surface area contributed by atoms with Gasteiger partial charge in [0.1, 0.15) is 0 Å². The number of hydrogen-bond acceptors (Lipinski definition) is 4. The molecule has 1 unspecified atom stereocenters. The average Bonchev–Trinajstić information content (AvgIpc) is 3.27. The van der Waals surface area contributed by atoms with Crippen molar-refractivity contribution >= 4 is 17.7 Å². The molecule has 4 rings (SSSR count). The number of nitrogens with zero attached hydrogens (tertiary/aromatic N) is 3. The molecule has 5 nitrogen and oxygen atoms in total. The molecule has 0 saturated heterocycles. The van der Waals surface area contributed by atoms with Gasteiger partial charge in [-0.15, -0.1) is 10.2 Å². The van der Waals surface area contributed by atoms with Crippen molar-refractivity contribution in [1.82, 2.24) is 20.1 Å². The average molecular weight is 457 g/mol. The smallest absolute Gasteiger partial charge is 0.220 e. The van der Waals surface area contributed by atoms with Gasteiger partial charge in [0.2, 0.25) is 5.91 Å². The molecule has 1 heterocycles. The van der Waals surface area contributed by atoms with Crippen LogP contribution in [0.1, 0.15) is 36.9 Å². The van der Waals surface area contributed by atoms with Crippen LogP contribution in [0.3, 0.4) is 0 Å². The van der Waals surface area contributed by atoms with Crippen LogP contribution in [0.5, 0.6) is 0 Å². The lowest BCUT2D eigenvalue weighted by atomic mass is 10.1. The van der Waals surface area contributed by atoms with Crippen LogP contribution < -0.4 is 5.32 Å². The molecule has 0 aliphatic rings. The van der Waals surface area contributed by atoms with E-state index in [1.807, 2.05) is 55.5 Å². The van der Waals surface area contributed by atoms with Crippen molar-refractivity contribution in [2.45, 2.75) is 37.9 Å². The lowest BCUT2D eigenvalue weighted by Crippen LogP contribution is -2.26. The summed E-state index contributed by atoms with van der Waals surface area (Å²) >= 11 is 1.63. The first kappa shape index (κ1) is 22.8. The highest BCUT2D eigenvalue weighted by molar-refractivity contribution is 7.99. The molecule has 0 spiro atoms. The summed E-state index contributed by atoms with van der Waals surface area (Å²) in [5.74, 6) is 1.67. The first-order valence-electron chi connectivity index (χ1n) is 11.2. The fourth-order valence-corrected chi connectivity index (χ4v) is 4.49. The fraction of sp³-hybridized carbons (Fsp3) is 0.222. The number of rotatable bonds is 9. The highest BCUT2D eigenvalue weighted by atomic mass is 32.2. The van der Waals surface area contributed by atoms with E-state index in [4.69, 9.17) is 0 Å². The summed E-state index contributed by atoms with van der Waals surface area (Å²) in [5.41, 5.74) is 4.37. The van der Waals surface area contributed by atoms with E-state index in [0.29, 0.717) is 6.42 Å². The molecule has 0 bridgehead atoms. The number of carbonyl (C=O) groups excluding carboxylic acids is 1. The van der Waals surface area contributed by atoms with Crippen LogP contribution in [0, 0.1) is 6.92 Å². The second kappa shape index (κ2) is 11.0. The molecule has 1 amide bonds. The van der Waals surface area contributed by atoms with Gasteiger partial charge in [-0.25, -0.2) is 0 Å². The zero-order valence-electron chi connectivity index (χ0n) is 18.9. The van der Waals surface area contributed by atoms with E-state index in [-0.39, 0.29) is 11.9 Å². The highest BCUT2D eigenvalue weighted by Crippen LogP contribution is 2.28. The Hall–Kier alpha value is -3.38. The van der Waals surface area contributed by atoms with Gasteiger partial charge in [0.15, 0.2) is 11.0 Å². The predicted octanol–water partition coefficient (Wildman–Crippen LogP) is 5.99. The molecule has 1 atom stereocenters. The number of hydrogen-bond donors (Lipinski definition) is 1. The summed E-state index contributed by atoms with van der Waals surface area (Å²) in [4.78, 5) is 12.4. The Kier molecular flexibility index (Phi) is 7.58. The number of para-hydroxylation sites is 1. The lowest BCUT2D eigenvalue weighted by Gasteiger charge is -2.14. The summed E-state index contributed by atoms with van der Waals surface area (Å²) in [7, 11) is 0. The molecule has 0 aliphatic heterocycles. The van der Waals surface area contributed by atoms with Gasteiger partial charge in [0, 0.05) is 23.4 Å². The van der Waals surface area contributed by atoms with Crippen molar-refractivity contribution in [1.29, 1.82) is 0 Å². The molecular weight excluding hydrogens is 428 g/mol. The summed E-state index contributed by atoms with van der Waals surface area (Å²) in [5, 5.41) is 12.9. The Balaban J connectivity index is 1.40. The van der Waals surface area contributed by atoms with Crippen molar-refractivity contribution in [3.63, 3.8) is 0 Å². The maximum atomic E-state index is 12.4. The third-order valence-electron chi connectivity index (χ3n) is 5.41. The SMILES string of the molecule is Cc1ccc(-c2nnc(SCCCC(=O)NC(C)c3ccccc3)n2-c2ccccc2)cc1. The van der Waals surface area contributed by atoms with Gasteiger partial charge >= 0.3 is 0 Å². The van der Waals surface area contributed by atoms with E-state index in [2.05, 4.69) is 63.4 Å². The minimum atomic E-state index is 0.00426. The molecule has 0 saturated carbocycles. The third kappa shape index (κ3) is 5.90. The van der Waals surface area contributed by atoms with Crippen molar-refractivity contribution in [3.05, 3.63) is 96.1 Å². The maximum absolute atomic E-state index is 12.4. The Labute approximate surface area is 199 Å². The van der Waals surface area contributed by atoms with Gasteiger partial charge in [0.25, 0.3) is 0 Å². The van der Waals surface area contributed by atoms with E-state index in [1.165, 1.54) is 5.56 Å². The van der Waals surface area contributed by atoms with Crippen molar-refractivity contribution in [2.24, 2.45) is 0 Å². The van der Waals surface area contributed by atoms with Crippen LogP contribution >= 0.6 is 11.8 Å². The fourth-order valence-electron chi connectivity index (χ4n) is 3.60. The molecule has 0 fully saturated rings. The van der Waals surface area contributed by atoms with Gasteiger partial charge in [0.05, 0.1) is 6.04 Å². The van der Waals surface area contributed by atoms with Crippen LogP contribution in [0.4, 0.5) is 0 Å². The Morgan fingerprint density at radius 1 is 0.939 bits per heavy atom. The summed E-state index contributed by atoms with van der Waals surface area (Å²) < 4.78 is 2.09. The van der Waals surface area contributed by atoms with Crippen molar-refractivity contribution in [2.75, 3.05) is 5.75 Å². The van der Waals surface area contributed by atoms with E-state index in [0.717, 1.165) is 40.0 Å². The van der Waals surface area contributed by atoms with E-state index >= 15 is 0 Å². The molecule has 168 valence electrons. The number of thioether (sulfide) groups is 1. The van der Waals surface area contributed by atoms with Gasteiger partial charge in [-0.2, -0.15) is 0 Å². The zero-order chi connectivity index (χ0) is 23.0. The minimum absolute atomic E-state index is 0.00426. The standard InChI is InChI=1S/C27H28N4OS/c1-20-15-17-23(18-16-20)26-29-30-27(31(26)24-12-7-4-8-13-24)33-19-9-14-25(32)28-21(2)22-10-5-3-6-11-22/h3-8,10-13,15-18,21H,9,14,19H2,1-2H3,(H,28,32). The van der Waals surface area contributed by atoms with Crippen LogP contribution in [-0.2, 0) is 4.79 Å². The number of amides is 1. The molecule has 0 aliphatic carbocycles. The zero-order valence-corrected chi connectivity index (χ0v) is 19.8. The largest absolute Gasteiger partial charge is 0.350 e. The summed E-state index contributed by atoms with van der Waals surface area (Å²) in [6.45, 7) is 4.08. The van der Waals surface area contributed by atoms with Crippen molar-refractivity contribution in [3.8, 4) is 17.1 Å². The second-order valence-corrected chi connectivity index (χ2v) is 9.06. The lowest BCUT2D eigenvalue weighted by molar-refractivity contribution is -0.121. The number of aryl methyl sites for hydroxylation is 1. The third-order valence-corrected chi connectivity index (χ3v) is 6.43. The Morgan fingerprint density at radius 2 is 1.61 bits per heavy atom. The maximum Gasteiger partial charge on any atom is 0.220 e. The first-order valence-corrected chi connectivity index (χ1v) is 12.2. The molecular formula is C27H28N4OS. The molecule has 33 heavy (non-hydrogen) atoms. The molecule has 3 aromatic carbocycles. The summed E-state index contributed by atoms with van der Waals surface area (Å²) in [6.07, 6.45) is 1.24. The highest BCUT2D eigenvalue weighted by Gasteiger charge is 2.16. The number of aromatic nitrogens is 3. The van der Waals surface area contributed by atoms with Crippen LogP contribution in [0.25, 0.3) is 17.1 Å².